The monoisotopic (exact) mass is 198 g/mol. The zero-order valence-electron chi connectivity index (χ0n) is 8.28. The van der Waals surface area contributed by atoms with Crippen LogP contribution >= 0.6 is 0 Å². The largest absolute Gasteiger partial charge is 0.465 e. The third-order valence-electron chi connectivity index (χ3n) is 3.81. The highest BCUT2D eigenvalue weighted by Crippen LogP contribution is 2.39. The van der Waals surface area contributed by atoms with Gasteiger partial charge in [0.05, 0.1) is 0 Å². The van der Waals surface area contributed by atoms with Crippen molar-refractivity contribution in [1.29, 1.82) is 0 Å². The van der Waals surface area contributed by atoms with Crippen molar-refractivity contribution in [2.75, 3.05) is 0 Å². The van der Waals surface area contributed by atoms with Crippen molar-refractivity contribution in [3.63, 3.8) is 0 Å². The van der Waals surface area contributed by atoms with Crippen molar-refractivity contribution in [1.82, 2.24) is 5.32 Å². The van der Waals surface area contributed by atoms with Gasteiger partial charge >= 0.3 is 6.09 Å². The molecule has 4 heteroatoms. The first-order valence-electron chi connectivity index (χ1n) is 5.42. The number of nitrogens with two attached hydrogens (primary N) is 1. The molecule has 0 saturated heterocycles. The number of nitrogens with one attached hydrogen (secondary N) is 1. The van der Waals surface area contributed by atoms with Gasteiger partial charge in [0.1, 0.15) is 0 Å². The second-order valence-electron chi connectivity index (χ2n) is 4.63. The van der Waals surface area contributed by atoms with Crippen molar-refractivity contribution in [3.05, 3.63) is 0 Å². The molecule has 4 nitrogen and oxygen atoms in total. The molecule has 0 aromatic carbocycles. The molecule has 0 radical (unpaired) electrons. The first-order chi connectivity index (χ1) is 6.66. The van der Waals surface area contributed by atoms with Gasteiger partial charge in [-0.2, -0.15) is 0 Å². The summed E-state index contributed by atoms with van der Waals surface area (Å²) in [6.45, 7) is 0. The Morgan fingerprint density at radius 3 is 2.64 bits per heavy atom. The van der Waals surface area contributed by atoms with Crippen molar-refractivity contribution in [2.45, 2.75) is 44.2 Å². The summed E-state index contributed by atoms with van der Waals surface area (Å²) >= 11 is 0. The van der Waals surface area contributed by atoms with Gasteiger partial charge in [-0.05, 0) is 43.9 Å². The summed E-state index contributed by atoms with van der Waals surface area (Å²) in [4.78, 5) is 10.6. The van der Waals surface area contributed by atoms with Gasteiger partial charge in [-0.15, -0.1) is 0 Å². The van der Waals surface area contributed by atoms with Crippen LogP contribution in [0.1, 0.15) is 32.1 Å². The number of hydrogen-bond donors (Lipinski definition) is 3. The van der Waals surface area contributed by atoms with Crippen LogP contribution in [0.25, 0.3) is 0 Å². The van der Waals surface area contributed by atoms with Crippen LogP contribution in [-0.4, -0.2) is 23.3 Å². The molecule has 0 aliphatic heterocycles. The molecule has 2 bridgehead atoms. The smallest absolute Gasteiger partial charge is 0.404 e. The van der Waals surface area contributed by atoms with Crippen LogP contribution in [0.2, 0.25) is 0 Å². The van der Waals surface area contributed by atoms with Crippen molar-refractivity contribution >= 4 is 6.09 Å². The van der Waals surface area contributed by atoms with Crippen LogP contribution in [0.15, 0.2) is 0 Å². The van der Waals surface area contributed by atoms with Crippen molar-refractivity contribution in [2.24, 2.45) is 17.6 Å². The van der Waals surface area contributed by atoms with Crippen LogP contribution in [0, 0.1) is 11.8 Å². The van der Waals surface area contributed by atoms with Crippen LogP contribution < -0.4 is 11.1 Å². The van der Waals surface area contributed by atoms with E-state index in [0.29, 0.717) is 17.9 Å². The lowest BCUT2D eigenvalue weighted by Crippen LogP contribution is -2.49. The van der Waals surface area contributed by atoms with Crippen LogP contribution in [0.3, 0.4) is 0 Å². The number of hydrogen-bond acceptors (Lipinski definition) is 2. The van der Waals surface area contributed by atoms with Gasteiger partial charge in [-0.3, -0.25) is 0 Å². The predicted octanol–water partition coefficient (Wildman–Crippen LogP) is 1.16. The van der Waals surface area contributed by atoms with Gasteiger partial charge in [-0.25, -0.2) is 4.79 Å². The molecule has 0 aromatic heterocycles. The molecular formula is C10H18N2O2. The second-order valence-corrected chi connectivity index (χ2v) is 4.63. The first kappa shape index (κ1) is 9.77. The maximum absolute atomic E-state index is 10.6. The van der Waals surface area contributed by atoms with E-state index in [1.54, 1.807) is 0 Å². The Morgan fingerprint density at radius 2 is 1.93 bits per heavy atom. The fourth-order valence-electron chi connectivity index (χ4n) is 3.00. The van der Waals surface area contributed by atoms with Gasteiger partial charge in [0.15, 0.2) is 0 Å². The summed E-state index contributed by atoms with van der Waals surface area (Å²) in [7, 11) is 0. The molecule has 2 fully saturated rings. The third-order valence-corrected chi connectivity index (χ3v) is 3.81. The summed E-state index contributed by atoms with van der Waals surface area (Å²) < 4.78 is 0. The molecule has 4 atom stereocenters. The van der Waals surface area contributed by atoms with E-state index in [1.807, 2.05) is 0 Å². The van der Waals surface area contributed by atoms with E-state index in [9.17, 15) is 4.79 Å². The molecule has 80 valence electrons. The fraction of sp³-hybridized carbons (Fsp3) is 0.900. The minimum absolute atomic E-state index is 0.177. The molecule has 4 N–H and O–H groups in total. The lowest BCUT2D eigenvalue weighted by molar-refractivity contribution is 0.118. The quantitative estimate of drug-likeness (QED) is 0.591. The lowest BCUT2D eigenvalue weighted by Gasteiger charge is -2.43. The molecule has 0 spiro atoms. The number of amides is 1. The molecule has 14 heavy (non-hydrogen) atoms. The minimum atomic E-state index is -0.886. The zero-order valence-corrected chi connectivity index (χ0v) is 8.28. The first-order valence-corrected chi connectivity index (χ1v) is 5.42. The van der Waals surface area contributed by atoms with E-state index >= 15 is 0 Å². The summed E-state index contributed by atoms with van der Waals surface area (Å²) in [6, 6.07) is 0.535. The minimum Gasteiger partial charge on any atom is -0.465 e. The Bertz CT molecular complexity index is 232. The lowest BCUT2D eigenvalue weighted by atomic mass is 9.68. The number of fused-ring (bicyclic) bond motifs is 2. The van der Waals surface area contributed by atoms with Gasteiger partial charge in [-0.1, -0.05) is 0 Å². The molecule has 2 rings (SSSR count). The fourth-order valence-corrected chi connectivity index (χ4v) is 3.00. The summed E-state index contributed by atoms with van der Waals surface area (Å²) in [6.07, 6.45) is 4.43. The van der Waals surface area contributed by atoms with Crippen molar-refractivity contribution in [3.8, 4) is 0 Å². The van der Waals surface area contributed by atoms with Gasteiger partial charge < -0.3 is 16.2 Å². The molecule has 1 amide bonds. The molecule has 0 aromatic rings. The third kappa shape index (κ3) is 1.85. The van der Waals surface area contributed by atoms with E-state index < -0.39 is 6.09 Å². The zero-order chi connectivity index (χ0) is 10.1. The van der Waals surface area contributed by atoms with E-state index in [-0.39, 0.29) is 6.04 Å². The van der Waals surface area contributed by atoms with Crippen molar-refractivity contribution < 1.29 is 9.90 Å². The SMILES string of the molecule is NC1CCC2CC1CCC2NC(=O)O. The molecule has 4 unspecified atom stereocenters. The van der Waals surface area contributed by atoms with E-state index in [1.165, 1.54) is 0 Å². The van der Waals surface area contributed by atoms with E-state index in [2.05, 4.69) is 5.32 Å². The molecule has 0 heterocycles. The summed E-state index contributed by atoms with van der Waals surface area (Å²) in [5, 5.41) is 11.3. The summed E-state index contributed by atoms with van der Waals surface area (Å²) in [5.74, 6) is 1.17. The Hall–Kier alpha value is -0.770. The van der Waals surface area contributed by atoms with Crippen LogP contribution in [-0.2, 0) is 0 Å². The van der Waals surface area contributed by atoms with Gasteiger partial charge in [0, 0.05) is 12.1 Å². The van der Waals surface area contributed by atoms with Gasteiger partial charge in [0.25, 0.3) is 0 Å². The Kier molecular flexibility index (Phi) is 2.63. The number of carbonyl (C=O) groups is 1. The Labute approximate surface area is 83.9 Å². The van der Waals surface area contributed by atoms with Gasteiger partial charge in [0.2, 0.25) is 0 Å². The highest BCUT2D eigenvalue weighted by molar-refractivity contribution is 5.64. The van der Waals surface area contributed by atoms with Crippen LogP contribution in [0.4, 0.5) is 4.79 Å². The molecule has 2 saturated carbocycles. The molecule has 2 aliphatic rings. The second kappa shape index (κ2) is 3.77. The highest BCUT2D eigenvalue weighted by atomic mass is 16.4. The number of rotatable bonds is 1. The standard InChI is InChI=1S/C10H18N2O2/c11-8-3-1-7-5-6(8)2-4-9(7)12-10(13)14/h6-9,12H,1-5,11H2,(H,13,14). The number of carboxylic acid groups (broad SMARTS) is 1. The molecule has 2 aliphatic carbocycles. The molecular weight excluding hydrogens is 180 g/mol. The highest BCUT2D eigenvalue weighted by Gasteiger charge is 2.37. The Morgan fingerprint density at radius 1 is 1.21 bits per heavy atom. The normalized spacial score (nSPS) is 41.8. The predicted molar refractivity (Wildman–Crippen MR) is 53.0 cm³/mol. The Balaban J connectivity index is 1.95. The summed E-state index contributed by atoms with van der Waals surface area (Å²) in [5.41, 5.74) is 6.00. The van der Waals surface area contributed by atoms with E-state index in [0.717, 1.165) is 32.1 Å². The average Bonchev–Trinajstić information content (AvgIpc) is 2.14. The van der Waals surface area contributed by atoms with Crippen LogP contribution in [0.5, 0.6) is 0 Å². The maximum Gasteiger partial charge on any atom is 0.404 e. The average molecular weight is 198 g/mol. The van der Waals surface area contributed by atoms with E-state index in [4.69, 9.17) is 10.8 Å². The maximum atomic E-state index is 10.6. The topological polar surface area (TPSA) is 75.3 Å².